The van der Waals surface area contributed by atoms with Crippen LogP contribution in [0.1, 0.15) is 63.6 Å². The highest BCUT2D eigenvalue weighted by Gasteiger charge is 2.36. The first-order chi connectivity index (χ1) is 16.7. The van der Waals surface area contributed by atoms with Crippen LogP contribution in [0.3, 0.4) is 0 Å². The van der Waals surface area contributed by atoms with Crippen molar-refractivity contribution >= 4 is 52.1 Å². The molecule has 3 rings (SSSR count). The van der Waals surface area contributed by atoms with Crippen molar-refractivity contribution in [2.45, 2.75) is 66.5 Å². The van der Waals surface area contributed by atoms with E-state index >= 15 is 0 Å². The number of hydrogen-bond acceptors (Lipinski definition) is 8. The number of ether oxygens (including phenoxy) is 1. The number of aromatic nitrogens is 1. The van der Waals surface area contributed by atoms with Gasteiger partial charge in [-0.05, 0) is 58.6 Å². The molecule has 1 aromatic heterocycles. The number of esters is 1. The normalized spacial score (nSPS) is 20.3. The molecule has 0 spiro atoms. The largest absolute Gasteiger partial charge is 0.466 e. The monoisotopic (exact) mass is 516 g/mol. The molecule has 0 aliphatic carbocycles. The average Bonchev–Trinajstić information content (AvgIpc) is 3.13. The lowest BCUT2D eigenvalue weighted by atomic mass is 9.96. The number of pyridine rings is 1. The van der Waals surface area contributed by atoms with Crippen LogP contribution in [0.4, 0.5) is 5.82 Å². The Bertz CT molecular complexity index is 1170. The molecule has 0 bridgehead atoms. The second kappa shape index (κ2) is 11.4. The van der Waals surface area contributed by atoms with Gasteiger partial charge in [-0.25, -0.2) is 0 Å². The second-order valence-electron chi connectivity index (χ2n) is 8.74. The van der Waals surface area contributed by atoms with Gasteiger partial charge in [0, 0.05) is 31.2 Å². The van der Waals surface area contributed by atoms with Gasteiger partial charge in [-0.2, -0.15) is 5.26 Å². The van der Waals surface area contributed by atoms with E-state index in [1.54, 1.807) is 29.4 Å². The van der Waals surface area contributed by atoms with Crippen molar-refractivity contribution in [3.8, 4) is 6.07 Å². The minimum Gasteiger partial charge on any atom is -0.466 e. The summed E-state index contributed by atoms with van der Waals surface area (Å²) in [5.74, 6) is -0.104. The predicted octanol–water partition coefficient (Wildman–Crippen LogP) is 3.83. The summed E-state index contributed by atoms with van der Waals surface area (Å²) >= 11 is 6.72. The van der Waals surface area contributed by atoms with E-state index in [1.807, 2.05) is 25.7 Å². The first-order valence-corrected chi connectivity index (χ1v) is 13.3. The van der Waals surface area contributed by atoms with Crippen molar-refractivity contribution in [2.75, 3.05) is 24.6 Å². The molecule has 188 valence electrons. The number of carbonyl (C=O) groups is 2. The molecule has 1 aromatic rings. The number of nitrogens with zero attached hydrogens (tertiary/aromatic N) is 4. The molecule has 2 unspecified atom stereocenters. The average molecular weight is 517 g/mol. The van der Waals surface area contributed by atoms with Gasteiger partial charge < -0.3 is 9.64 Å². The number of thioether (sulfide) groups is 1. The van der Waals surface area contributed by atoms with Crippen molar-refractivity contribution in [3.05, 3.63) is 31.9 Å². The lowest BCUT2D eigenvalue weighted by Crippen LogP contribution is -2.43. The summed E-state index contributed by atoms with van der Waals surface area (Å²) in [7, 11) is 0. The highest BCUT2D eigenvalue weighted by Crippen LogP contribution is 2.38. The van der Waals surface area contributed by atoms with Crippen LogP contribution < -0.4 is 10.5 Å². The summed E-state index contributed by atoms with van der Waals surface area (Å²) in [5, 5.41) is 9.76. The summed E-state index contributed by atoms with van der Waals surface area (Å²) in [6.07, 6.45) is 4.00. The fourth-order valence-corrected chi connectivity index (χ4v) is 6.02. The van der Waals surface area contributed by atoms with Crippen LogP contribution in [0.25, 0.3) is 6.08 Å². The number of rotatable bonds is 7. The Morgan fingerprint density at radius 2 is 2.06 bits per heavy atom. The number of amides is 1. The molecule has 10 heteroatoms. The Balaban J connectivity index is 2.18. The molecule has 2 fully saturated rings. The molecule has 8 nitrogen and oxygen atoms in total. The fraction of sp³-hybridized carbons (Fsp3) is 0.560. The van der Waals surface area contributed by atoms with Crippen molar-refractivity contribution in [1.82, 2.24) is 9.47 Å². The summed E-state index contributed by atoms with van der Waals surface area (Å²) in [6.45, 7) is 11.0. The highest BCUT2D eigenvalue weighted by atomic mass is 32.2. The third kappa shape index (κ3) is 5.16. The first-order valence-electron chi connectivity index (χ1n) is 12.1. The molecular weight excluding hydrogens is 484 g/mol. The van der Waals surface area contributed by atoms with Gasteiger partial charge in [0.05, 0.1) is 17.4 Å². The fourth-order valence-electron chi connectivity index (χ4n) is 4.57. The van der Waals surface area contributed by atoms with Gasteiger partial charge in [-0.15, -0.1) is 0 Å². The van der Waals surface area contributed by atoms with E-state index in [2.05, 4.69) is 6.07 Å². The zero-order valence-corrected chi connectivity index (χ0v) is 22.6. The van der Waals surface area contributed by atoms with Gasteiger partial charge in [-0.3, -0.25) is 23.9 Å². The van der Waals surface area contributed by atoms with Crippen LogP contribution in [0.5, 0.6) is 0 Å². The molecule has 3 heterocycles. The molecule has 0 N–H and O–H groups in total. The maximum Gasteiger partial charge on any atom is 0.310 e. The zero-order valence-electron chi connectivity index (χ0n) is 20.9. The Morgan fingerprint density at radius 1 is 1.34 bits per heavy atom. The van der Waals surface area contributed by atoms with Gasteiger partial charge in [0.15, 0.2) is 0 Å². The predicted molar refractivity (Wildman–Crippen MR) is 142 cm³/mol. The number of nitriles is 1. The zero-order chi connectivity index (χ0) is 25.9. The number of hydrogen-bond donors (Lipinski definition) is 0. The van der Waals surface area contributed by atoms with E-state index in [1.165, 1.54) is 11.8 Å². The third-order valence-corrected chi connectivity index (χ3v) is 7.96. The quantitative estimate of drug-likeness (QED) is 0.307. The summed E-state index contributed by atoms with van der Waals surface area (Å²) in [5.41, 5.74) is 0.838. The van der Waals surface area contributed by atoms with Gasteiger partial charge in [-0.1, -0.05) is 30.9 Å². The van der Waals surface area contributed by atoms with E-state index in [0.717, 1.165) is 12.8 Å². The van der Waals surface area contributed by atoms with Crippen LogP contribution in [-0.4, -0.2) is 51.4 Å². The van der Waals surface area contributed by atoms with Crippen LogP contribution in [-0.2, 0) is 20.9 Å². The van der Waals surface area contributed by atoms with E-state index in [-0.39, 0.29) is 35.0 Å². The van der Waals surface area contributed by atoms with Crippen molar-refractivity contribution in [2.24, 2.45) is 5.92 Å². The maximum atomic E-state index is 13.2. The van der Waals surface area contributed by atoms with Crippen molar-refractivity contribution in [3.63, 3.8) is 0 Å². The Kier molecular flexibility index (Phi) is 8.78. The number of thiocarbonyl (C=S) groups is 1. The summed E-state index contributed by atoms with van der Waals surface area (Å²) in [4.78, 5) is 43.1. The lowest BCUT2D eigenvalue weighted by molar-refractivity contribution is -0.148. The second-order valence-corrected chi connectivity index (χ2v) is 10.4. The highest BCUT2D eigenvalue weighted by molar-refractivity contribution is 8.26. The third-order valence-electron chi connectivity index (χ3n) is 6.63. The Labute approximate surface area is 215 Å². The molecule has 0 radical (unpaired) electrons. The van der Waals surface area contributed by atoms with Crippen LogP contribution >= 0.6 is 24.0 Å². The van der Waals surface area contributed by atoms with E-state index in [0.29, 0.717) is 58.8 Å². The maximum absolute atomic E-state index is 13.2. The summed E-state index contributed by atoms with van der Waals surface area (Å²) in [6, 6.07) is 2.02. The Morgan fingerprint density at radius 3 is 2.66 bits per heavy atom. The van der Waals surface area contributed by atoms with Gasteiger partial charge in [0.25, 0.3) is 11.5 Å². The van der Waals surface area contributed by atoms with Gasteiger partial charge in [0.2, 0.25) is 0 Å². The van der Waals surface area contributed by atoms with E-state index in [9.17, 15) is 19.6 Å². The number of carbonyl (C=O) groups excluding carboxylic acids is 2. The summed E-state index contributed by atoms with van der Waals surface area (Å²) < 4.78 is 7.33. The molecule has 0 aromatic carbocycles. The van der Waals surface area contributed by atoms with Crippen LogP contribution in [0.2, 0.25) is 0 Å². The van der Waals surface area contributed by atoms with Crippen LogP contribution in [0, 0.1) is 24.2 Å². The molecule has 35 heavy (non-hydrogen) atoms. The topological polar surface area (TPSA) is 95.6 Å². The van der Waals surface area contributed by atoms with E-state index in [4.69, 9.17) is 17.0 Å². The molecule has 2 saturated heterocycles. The lowest BCUT2D eigenvalue weighted by Gasteiger charge is -2.36. The molecule has 0 saturated carbocycles. The molecule has 2 aliphatic rings. The Hall–Kier alpha value is -2.64. The van der Waals surface area contributed by atoms with Crippen LogP contribution in [0.15, 0.2) is 9.70 Å². The van der Waals surface area contributed by atoms with Crippen molar-refractivity contribution < 1.29 is 14.3 Å². The minimum absolute atomic E-state index is 0.0272. The minimum atomic E-state index is -0.370. The molecule has 2 atom stereocenters. The SMILES string of the molecule is CCOC(=O)C1CCCN(c2c(/C=C3/SC(=S)N(C(C)CC)C3=O)c(C)c(C#N)c(=O)n2CC)C1. The standard InChI is InChI=1S/C25H32N4O4S2/c1-6-15(4)29-23(31)20(35-25(29)34)12-18-16(5)19(13-26)22(30)28(7-2)21(18)27-11-9-10-17(14-27)24(32)33-8-3/h12,15,17H,6-11,14H2,1-5H3/b20-12+. The van der Waals surface area contributed by atoms with Crippen molar-refractivity contribution in [1.29, 1.82) is 5.26 Å². The first kappa shape index (κ1) is 27.0. The van der Waals surface area contributed by atoms with E-state index < -0.39 is 0 Å². The number of anilines is 1. The molecule has 1 amide bonds. The van der Waals surface area contributed by atoms with Gasteiger partial charge >= 0.3 is 5.97 Å². The molecule has 2 aliphatic heterocycles. The smallest absolute Gasteiger partial charge is 0.310 e. The molecular formula is C25H32N4O4S2. The van der Waals surface area contributed by atoms with Gasteiger partial charge in [0.1, 0.15) is 21.8 Å². The number of piperidine rings is 1.